The van der Waals surface area contributed by atoms with Gasteiger partial charge in [0, 0.05) is 32.5 Å². The highest BCUT2D eigenvalue weighted by atomic mass is 16.2. The molecule has 2 saturated heterocycles. The molecule has 0 spiro atoms. The van der Waals surface area contributed by atoms with Crippen molar-refractivity contribution in [3.63, 3.8) is 0 Å². The van der Waals surface area contributed by atoms with Crippen molar-refractivity contribution in [1.82, 2.24) is 15.1 Å². The molecule has 0 radical (unpaired) electrons. The molecule has 5 rings (SSSR count). The second-order valence-corrected chi connectivity index (χ2v) is 10.5. The van der Waals surface area contributed by atoms with Crippen LogP contribution in [0.25, 0.3) is 0 Å². The minimum absolute atomic E-state index is 0.0203. The Morgan fingerprint density at radius 1 is 0.972 bits per heavy atom. The van der Waals surface area contributed by atoms with Gasteiger partial charge in [0.1, 0.15) is 5.66 Å². The fraction of sp³-hybridized carbons (Fsp3) is 0.483. The molecule has 0 unspecified atom stereocenters. The Bertz CT molecular complexity index is 1140. The van der Waals surface area contributed by atoms with Crippen LogP contribution in [0, 0.1) is 0 Å². The number of benzene rings is 2. The van der Waals surface area contributed by atoms with E-state index in [1.54, 1.807) is 15.9 Å². The van der Waals surface area contributed by atoms with Gasteiger partial charge in [-0.15, -0.1) is 0 Å². The summed E-state index contributed by atoms with van der Waals surface area (Å²) in [5.41, 5.74) is 2.82. The molecule has 0 aromatic heterocycles. The summed E-state index contributed by atoms with van der Waals surface area (Å²) in [7, 11) is 0. The first-order valence-corrected chi connectivity index (χ1v) is 13.3. The molecule has 1 N–H and O–H groups in total. The second-order valence-electron chi connectivity index (χ2n) is 10.5. The first kappa shape index (κ1) is 24.5. The fourth-order valence-corrected chi connectivity index (χ4v) is 5.93. The molecule has 3 heterocycles. The molecule has 0 aliphatic carbocycles. The van der Waals surface area contributed by atoms with Crippen LogP contribution < -0.4 is 10.2 Å². The molecular weight excluding hydrogens is 452 g/mol. The van der Waals surface area contributed by atoms with E-state index in [9.17, 15) is 14.4 Å². The van der Waals surface area contributed by atoms with Gasteiger partial charge in [0.25, 0.3) is 5.91 Å². The first-order valence-electron chi connectivity index (χ1n) is 13.3. The third-order valence-corrected chi connectivity index (χ3v) is 7.89. The van der Waals surface area contributed by atoms with Gasteiger partial charge in [-0.05, 0) is 62.5 Å². The Balaban J connectivity index is 1.19. The van der Waals surface area contributed by atoms with Crippen LogP contribution in [0.15, 0.2) is 48.5 Å². The number of rotatable bonds is 7. The lowest BCUT2D eigenvalue weighted by atomic mass is 9.98. The number of nitrogens with zero attached hydrogens (tertiary/aromatic N) is 3. The van der Waals surface area contributed by atoms with Crippen molar-refractivity contribution in [2.45, 2.75) is 70.6 Å². The molecule has 3 aliphatic heterocycles. The number of fused-ring (bicyclic) bond motifs is 3. The molecule has 2 fully saturated rings. The molecule has 1 atom stereocenters. The van der Waals surface area contributed by atoms with Crippen molar-refractivity contribution in [1.29, 1.82) is 0 Å². The molecule has 0 bridgehead atoms. The maximum Gasteiger partial charge on any atom is 0.257 e. The van der Waals surface area contributed by atoms with Crippen LogP contribution in [-0.4, -0.2) is 52.8 Å². The van der Waals surface area contributed by atoms with E-state index in [1.165, 1.54) is 31.2 Å². The standard InChI is InChI=1S/C29H36N4O3/c1-29-15-13-27(35)33(29)25-12-5-4-11-24(25)28(36)32(29)18-14-26(34)30-20-22-9-8-10-23(19-22)21-31-16-6-2-3-7-17-31/h4-5,8-12,19H,2-3,6-7,13-18,20-21H2,1H3,(H,30,34)/t29-/m1/s1. The van der Waals surface area contributed by atoms with Crippen LogP contribution in [0.1, 0.15) is 73.4 Å². The Morgan fingerprint density at radius 2 is 1.72 bits per heavy atom. The molecule has 7 nitrogen and oxygen atoms in total. The first-order chi connectivity index (χ1) is 17.5. The Morgan fingerprint density at radius 3 is 2.53 bits per heavy atom. The van der Waals surface area contributed by atoms with Crippen LogP contribution in [0.2, 0.25) is 0 Å². The zero-order chi connectivity index (χ0) is 25.1. The minimum atomic E-state index is -0.732. The van der Waals surface area contributed by atoms with Crippen molar-refractivity contribution >= 4 is 23.4 Å². The number of amides is 3. The van der Waals surface area contributed by atoms with Gasteiger partial charge in [0.2, 0.25) is 11.8 Å². The van der Waals surface area contributed by atoms with Crippen molar-refractivity contribution in [3.05, 3.63) is 65.2 Å². The fourth-order valence-electron chi connectivity index (χ4n) is 5.93. The normalized spacial score (nSPS) is 22.2. The van der Waals surface area contributed by atoms with E-state index in [2.05, 4.69) is 28.4 Å². The second kappa shape index (κ2) is 10.4. The molecule has 190 valence electrons. The summed E-state index contributed by atoms with van der Waals surface area (Å²) in [6.45, 7) is 5.93. The SMILES string of the molecule is C[C@]12CCC(=O)N1c1ccccc1C(=O)N2CCC(=O)NCc1cccc(CN2CCCCCC2)c1. The van der Waals surface area contributed by atoms with Gasteiger partial charge in [0.15, 0.2) is 0 Å². The minimum Gasteiger partial charge on any atom is -0.352 e. The molecular formula is C29H36N4O3. The monoisotopic (exact) mass is 488 g/mol. The summed E-state index contributed by atoms with van der Waals surface area (Å²) in [6.07, 6.45) is 6.35. The highest BCUT2D eigenvalue weighted by molar-refractivity contribution is 6.10. The molecule has 3 aliphatic rings. The highest BCUT2D eigenvalue weighted by Gasteiger charge is 2.52. The van der Waals surface area contributed by atoms with Gasteiger partial charge in [-0.3, -0.25) is 24.2 Å². The Kier molecular flexibility index (Phi) is 7.10. The Labute approximate surface area is 213 Å². The van der Waals surface area contributed by atoms with E-state index >= 15 is 0 Å². The van der Waals surface area contributed by atoms with Gasteiger partial charge in [-0.1, -0.05) is 49.2 Å². The largest absolute Gasteiger partial charge is 0.352 e. The number of likely N-dealkylation sites (tertiary alicyclic amines) is 1. The third kappa shape index (κ3) is 4.89. The van der Waals surface area contributed by atoms with Crippen molar-refractivity contribution in [2.24, 2.45) is 0 Å². The maximum atomic E-state index is 13.3. The predicted octanol–water partition coefficient (Wildman–Crippen LogP) is 4.07. The van der Waals surface area contributed by atoms with Crippen molar-refractivity contribution in [3.8, 4) is 0 Å². The summed E-state index contributed by atoms with van der Waals surface area (Å²) in [5, 5.41) is 3.02. The summed E-state index contributed by atoms with van der Waals surface area (Å²) < 4.78 is 0. The van der Waals surface area contributed by atoms with Gasteiger partial charge >= 0.3 is 0 Å². The molecule has 3 amide bonds. The van der Waals surface area contributed by atoms with E-state index in [4.69, 9.17) is 0 Å². The number of carbonyl (C=O) groups excluding carboxylic acids is 3. The number of hydrogen-bond donors (Lipinski definition) is 1. The molecule has 36 heavy (non-hydrogen) atoms. The van der Waals surface area contributed by atoms with Crippen molar-refractivity contribution < 1.29 is 14.4 Å². The highest BCUT2D eigenvalue weighted by Crippen LogP contribution is 2.43. The number of anilines is 1. The average Bonchev–Trinajstić information content (AvgIpc) is 3.02. The molecule has 2 aromatic carbocycles. The maximum absolute atomic E-state index is 13.3. The van der Waals surface area contributed by atoms with Crippen LogP contribution in [0.5, 0.6) is 0 Å². The lowest BCUT2D eigenvalue weighted by Crippen LogP contribution is -2.62. The Hall–Kier alpha value is -3.19. The van der Waals surface area contributed by atoms with Crippen molar-refractivity contribution in [2.75, 3.05) is 24.5 Å². The van der Waals surface area contributed by atoms with Crippen LogP contribution in [-0.2, 0) is 22.7 Å². The predicted molar refractivity (Wildman–Crippen MR) is 139 cm³/mol. The smallest absolute Gasteiger partial charge is 0.257 e. The number of hydrogen-bond acceptors (Lipinski definition) is 4. The molecule has 7 heteroatoms. The summed E-state index contributed by atoms with van der Waals surface area (Å²) >= 11 is 0. The zero-order valence-corrected chi connectivity index (χ0v) is 21.2. The van der Waals surface area contributed by atoms with E-state index < -0.39 is 5.66 Å². The van der Waals surface area contributed by atoms with Crippen LogP contribution >= 0.6 is 0 Å². The van der Waals surface area contributed by atoms with Crippen LogP contribution in [0.4, 0.5) is 5.69 Å². The quantitative estimate of drug-likeness (QED) is 0.638. The molecule has 0 saturated carbocycles. The van der Waals surface area contributed by atoms with Gasteiger partial charge in [-0.2, -0.15) is 0 Å². The topological polar surface area (TPSA) is 73.0 Å². The van der Waals surface area contributed by atoms with Gasteiger partial charge in [0.05, 0.1) is 11.3 Å². The third-order valence-electron chi connectivity index (χ3n) is 7.89. The van der Waals surface area contributed by atoms with E-state index in [0.717, 1.165) is 25.2 Å². The van der Waals surface area contributed by atoms with Crippen LogP contribution in [0.3, 0.4) is 0 Å². The molecule has 2 aromatic rings. The van der Waals surface area contributed by atoms with E-state index in [1.807, 2.05) is 31.2 Å². The average molecular weight is 489 g/mol. The zero-order valence-electron chi connectivity index (χ0n) is 21.2. The number of carbonyl (C=O) groups is 3. The van der Waals surface area contributed by atoms with Gasteiger partial charge < -0.3 is 10.2 Å². The lowest BCUT2D eigenvalue weighted by molar-refractivity contribution is -0.121. The summed E-state index contributed by atoms with van der Waals surface area (Å²) in [6, 6.07) is 15.7. The van der Waals surface area contributed by atoms with Gasteiger partial charge in [-0.25, -0.2) is 0 Å². The summed E-state index contributed by atoms with van der Waals surface area (Å²) in [4.78, 5) is 44.8. The van der Waals surface area contributed by atoms with E-state index in [0.29, 0.717) is 30.6 Å². The lowest BCUT2D eigenvalue weighted by Gasteiger charge is -2.48. The summed E-state index contributed by atoms with van der Waals surface area (Å²) in [5.74, 6) is -0.195. The number of para-hydroxylation sites is 1. The van der Waals surface area contributed by atoms with E-state index in [-0.39, 0.29) is 30.7 Å². The number of nitrogens with one attached hydrogen (secondary N) is 1.